The number of benzene rings is 2. The van der Waals surface area contributed by atoms with Gasteiger partial charge in [-0.3, -0.25) is 9.78 Å². The van der Waals surface area contributed by atoms with E-state index in [0.717, 1.165) is 0 Å². The van der Waals surface area contributed by atoms with Crippen LogP contribution in [-0.4, -0.2) is 30.1 Å². The minimum Gasteiger partial charge on any atom is -0.497 e. The number of nitrogens with one attached hydrogen (secondary N) is 1. The zero-order valence-electron chi connectivity index (χ0n) is 15.3. The number of rotatable bonds is 5. The van der Waals surface area contributed by atoms with Gasteiger partial charge in [-0.25, -0.2) is 4.98 Å². The van der Waals surface area contributed by atoms with Gasteiger partial charge in [0.15, 0.2) is 5.58 Å². The molecule has 140 valence electrons. The number of methoxy groups -OCH3 is 2. The highest BCUT2D eigenvalue weighted by molar-refractivity contribution is 6.06. The molecule has 2 aromatic carbocycles. The summed E-state index contributed by atoms with van der Waals surface area (Å²) in [5.74, 6) is 1.16. The van der Waals surface area contributed by atoms with Crippen LogP contribution in [0.2, 0.25) is 0 Å². The predicted octanol–water partition coefficient (Wildman–Crippen LogP) is 4.16. The summed E-state index contributed by atoms with van der Waals surface area (Å²) in [6.07, 6.45) is 3.27. The maximum atomic E-state index is 12.8. The molecular weight excluding hydrogens is 358 g/mol. The molecule has 0 saturated heterocycles. The molecule has 0 aliphatic heterocycles. The van der Waals surface area contributed by atoms with Gasteiger partial charge in [-0.1, -0.05) is 12.1 Å². The fourth-order valence-electron chi connectivity index (χ4n) is 2.81. The molecule has 4 aromatic rings. The molecule has 0 saturated carbocycles. The van der Waals surface area contributed by atoms with Gasteiger partial charge in [0.2, 0.25) is 5.89 Å². The van der Waals surface area contributed by atoms with Crippen molar-refractivity contribution in [1.82, 2.24) is 9.97 Å². The number of ether oxygens (including phenoxy) is 2. The first kappa shape index (κ1) is 17.5. The van der Waals surface area contributed by atoms with Gasteiger partial charge in [0, 0.05) is 23.9 Å². The summed E-state index contributed by atoms with van der Waals surface area (Å²) in [6, 6.07) is 14.0. The Morgan fingerprint density at radius 3 is 2.50 bits per heavy atom. The van der Waals surface area contributed by atoms with Crippen LogP contribution in [0.3, 0.4) is 0 Å². The van der Waals surface area contributed by atoms with E-state index in [1.54, 1.807) is 42.7 Å². The molecule has 2 aromatic heterocycles. The lowest BCUT2D eigenvalue weighted by molar-refractivity contribution is 0.102. The lowest BCUT2D eigenvalue weighted by atomic mass is 10.1. The number of amides is 1. The molecule has 7 heteroatoms. The molecule has 0 unspecified atom stereocenters. The number of aromatic nitrogens is 2. The van der Waals surface area contributed by atoms with Gasteiger partial charge in [-0.2, -0.15) is 0 Å². The summed E-state index contributed by atoms with van der Waals surface area (Å²) in [5, 5.41) is 2.91. The quantitative estimate of drug-likeness (QED) is 0.564. The summed E-state index contributed by atoms with van der Waals surface area (Å²) in [6.45, 7) is 0. The van der Waals surface area contributed by atoms with E-state index in [1.807, 2.05) is 18.2 Å². The lowest BCUT2D eigenvalue weighted by Gasteiger charge is -2.11. The van der Waals surface area contributed by atoms with Crippen molar-refractivity contribution in [3.05, 3.63) is 66.5 Å². The van der Waals surface area contributed by atoms with Crippen LogP contribution in [0.1, 0.15) is 10.4 Å². The Balaban J connectivity index is 1.68. The third-order valence-corrected chi connectivity index (χ3v) is 4.21. The first-order valence-corrected chi connectivity index (χ1v) is 8.52. The number of fused-ring (bicyclic) bond motifs is 1. The van der Waals surface area contributed by atoms with Gasteiger partial charge in [0.05, 0.1) is 31.7 Å². The van der Waals surface area contributed by atoms with Crippen LogP contribution in [-0.2, 0) is 0 Å². The second-order valence-corrected chi connectivity index (χ2v) is 5.96. The Hall–Kier alpha value is -3.87. The lowest BCUT2D eigenvalue weighted by Crippen LogP contribution is -2.13. The second-order valence-electron chi connectivity index (χ2n) is 5.96. The number of para-hydroxylation sites is 1. The molecule has 0 atom stereocenters. The molecular formula is C21H17N3O4. The maximum Gasteiger partial charge on any atom is 0.255 e. The van der Waals surface area contributed by atoms with E-state index in [9.17, 15) is 4.79 Å². The number of carbonyl (C=O) groups excluding carboxylic acids is 1. The molecule has 0 spiro atoms. The van der Waals surface area contributed by atoms with E-state index < -0.39 is 0 Å². The highest BCUT2D eigenvalue weighted by Crippen LogP contribution is 2.30. The van der Waals surface area contributed by atoms with Gasteiger partial charge in [0.25, 0.3) is 5.91 Å². The Kier molecular flexibility index (Phi) is 4.63. The van der Waals surface area contributed by atoms with Crippen LogP contribution in [0.4, 0.5) is 5.69 Å². The van der Waals surface area contributed by atoms with Crippen LogP contribution in [0.5, 0.6) is 11.5 Å². The van der Waals surface area contributed by atoms with Gasteiger partial charge < -0.3 is 19.2 Å². The van der Waals surface area contributed by atoms with Crippen molar-refractivity contribution < 1.29 is 18.7 Å². The number of carbonyl (C=O) groups is 1. The van der Waals surface area contributed by atoms with Crippen molar-refractivity contribution in [3.8, 4) is 23.0 Å². The number of oxazole rings is 1. The van der Waals surface area contributed by atoms with Crippen LogP contribution in [0, 0.1) is 0 Å². The smallest absolute Gasteiger partial charge is 0.255 e. The Morgan fingerprint density at radius 2 is 1.79 bits per heavy atom. The van der Waals surface area contributed by atoms with E-state index in [2.05, 4.69) is 15.3 Å². The monoisotopic (exact) mass is 375 g/mol. The topological polar surface area (TPSA) is 86.5 Å². The summed E-state index contributed by atoms with van der Waals surface area (Å²) in [7, 11) is 3.07. The molecule has 0 fully saturated rings. The number of anilines is 1. The van der Waals surface area contributed by atoms with E-state index in [4.69, 9.17) is 13.9 Å². The number of nitrogens with zero attached hydrogens (tertiary/aromatic N) is 2. The molecule has 4 rings (SSSR count). The zero-order valence-corrected chi connectivity index (χ0v) is 15.3. The zero-order chi connectivity index (χ0) is 19.5. The maximum absolute atomic E-state index is 12.8. The van der Waals surface area contributed by atoms with Gasteiger partial charge in [-0.05, 0) is 24.3 Å². The van der Waals surface area contributed by atoms with Crippen molar-refractivity contribution >= 4 is 22.7 Å². The van der Waals surface area contributed by atoms with Gasteiger partial charge >= 0.3 is 0 Å². The molecule has 28 heavy (non-hydrogen) atoms. The number of hydrogen-bond acceptors (Lipinski definition) is 6. The molecule has 1 amide bonds. The first-order chi connectivity index (χ1) is 13.7. The highest BCUT2D eigenvalue weighted by Gasteiger charge is 2.16. The minimum atomic E-state index is -0.303. The fourth-order valence-corrected chi connectivity index (χ4v) is 2.81. The number of pyridine rings is 1. The normalized spacial score (nSPS) is 10.6. The van der Waals surface area contributed by atoms with Gasteiger partial charge in [0.1, 0.15) is 17.0 Å². The Morgan fingerprint density at radius 1 is 1.04 bits per heavy atom. The van der Waals surface area contributed by atoms with Crippen LogP contribution in [0.25, 0.3) is 22.6 Å². The summed E-state index contributed by atoms with van der Waals surface area (Å²) < 4.78 is 16.3. The second kappa shape index (κ2) is 7.40. The van der Waals surface area contributed by atoms with E-state index in [1.165, 1.54) is 14.2 Å². The van der Waals surface area contributed by atoms with E-state index in [0.29, 0.717) is 45.3 Å². The molecule has 0 aliphatic rings. The Labute approximate surface area is 160 Å². The fraction of sp³-hybridized carbons (Fsp3) is 0.0952. The minimum absolute atomic E-state index is 0.303. The van der Waals surface area contributed by atoms with Crippen molar-refractivity contribution in [2.75, 3.05) is 19.5 Å². The first-order valence-electron chi connectivity index (χ1n) is 8.52. The third-order valence-electron chi connectivity index (χ3n) is 4.21. The third kappa shape index (κ3) is 3.37. The van der Waals surface area contributed by atoms with E-state index >= 15 is 0 Å². The van der Waals surface area contributed by atoms with E-state index in [-0.39, 0.29) is 5.91 Å². The van der Waals surface area contributed by atoms with Crippen LogP contribution in [0.15, 0.2) is 65.3 Å². The molecule has 7 nitrogen and oxygen atoms in total. The summed E-state index contributed by atoms with van der Waals surface area (Å²) in [5.41, 5.74) is 2.93. The Bertz CT molecular complexity index is 1100. The SMILES string of the molecule is COc1cc(OC)cc(C(=O)Nc2ccccc2-c2nc3cnccc3o2)c1. The summed E-state index contributed by atoms with van der Waals surface area (Å²) >= 11 is 0. The van der Waals surface area contributed by atoms with Crippen molar-refractivity contribution in [3.63, 3.8) is 0 Å². The van der Waals surface area contributed by atoms with Crippen molar-refractivity contribution in [2.24, 2.45) is 0 Å². The molecule has 0 radical (unpaired) electrons. The van der Waals surface area contributed by atoms with Gasteiger partial charge in [-0.15, -0.1) is 0 Å². The van der Waals surface area contributed by atoms with Crippen molar-refractivity contribution in [1.29, 1.82) is 0 Å². The summed E-state index contributed by atoms with van der Waals surface area (Å²) in [4.78, 5) is 21.3. The average Bonchev–Trinajstić information content (AvgIpc) is 3.17. The molecule has 0 aliphatic carbocycles. The molecule has 1 N–H and O–H groups in total. The molecule has 2 heterocycles. The van der Waals surface area contributed by atoms with Crippen LogP contribution >= 0.6 is 0 Å². The van der Waals surface area contributed by atoms with Crippen LogP contribution < -0.4 is 14.8 Å². The highest BCUT2D eigenvalue weighted by atomic mass is 16.5. The number of hydrogen-bond donors (Lipinski definition) is 1. The predicted molar refractivity (Wildman–Crippen MR) is 105 cm³/mol. The standard InChI is InChI=1S/C21H17N3O4/c1-26-14-9-13(10-15(11-14)27-2)20(25)23-17-6-4-3-5-16(17)21-24-18-12-22-8-7-19(18)28-21/h3-12H,1-2H3,(H,23,25). The molecule has 0 bridgehead atoms. The largest absolute Gasteiger partial charge is 0.497 e. The van der Waals surface area contributed by atoms with Crippen molar-refractivity contribution in [2.45, 2.75) is 0 Å². The average molecular weight is 375 g/mol.